The predicted molar refractivity (Wildman–Crippen MR) is 83.8 cm³/mol. The summed E-state index contributed by atoms with van der Waals surface area (Å²) in [5.41, 5.74) is 0.374. The number of hydrogen-bond acceptors (Lipinski definition) is 4. The first-order chi connectivity index (χ1) is 9.69. The molecule has 1 saturated heterocycles. The zero-order valence-electron chi connectivity index (χ0n) is 12.8. The van der Waals surface area contributed by atoms with Crippen molar-refractivity contribution >= 4 is 24.2 Å². The molecule has 0 aliphatic carbocycles. The summed E-state index contributed by atoms with van der Waals surface area (Å²) in [5.74, 6) is -0.0428. The van der Waals surface area contributed by atoms with Gasteiger partial charge in [0.1, 0.15) is 6.10 Å². The van der Waals surface area contributed by atoms with E-state index < -0.39 is 30.5 Å². The average molecular weight is 313 g/mol. The molecule has 4 nitrogen and oxygen atoms in total. The van der Waals surface area contributed by atoms with E-state index in [2.05, 4.69) is 0 Å². The van der Waals surface area contributed by atoms with Crippen LogP contribution in [0.1, 0.15) is 39.4 Å². The van der Waals surface area contributed by atoms with Crippen LogP contribution in [-0.4, -0.2) is 40.5 Å². The number of halogens is 1. The summed E-state index contributed by atoms with van der Waals surface area (Å²) in [6.45, 7) is 7.89. The van der Waals surface area contributed by atoms with Crippen molar-refractivity contribution in [3.8, 4) is 0 Å². The van der Waals surface area contributed by atoms with E-state index in [1.165, 1.54) is 0 Å². The van der Waals surface area contributed by atoms with Gasteiger partial charge in [-0.05, 0) is 38.7 Å². The standard InChI is InChI=1S/C15H22BClO4/c1-14(2)15(3,4)21-16(20-14)11-8-6-5-7-10(11)13(19)12(18)9-17/h5-8,12-13,18-19H,9H2,1-4H3. The van der Waals surface area contributed by atoms with Gasteiger partial charge in [-0.2, -0.15) is 0 Å². The second kappa shape index (κ2) is 5.90. The third kappa shape index (κ3) is 3.12. The molecule has 21 heavy (non-hydrogen) atoms. The van der Waals surface area contributed by atoms with E-state index in [9.17, 15) is 10.2 Å². The van der Waals surface area contributed by atoms with E-state index >= 15 is 0 Å². The van der Waals surface area contributed by atoms with Crippen LogP contribution in [0.15, 0.2) is 24.3 Å². The third-order valence-electron chi connectivity index (χ3n) is 4.34. The Labute approximate surface area is 131 Å². The van der Waals surface area contributed by atoms with Gasteiger partial charge in [0.25, 0.3) is 0 Å². The summed E-state index contributed by atoms with van der Waals surface area (Å²) in [7, 11) is -0.580. The minimum absolute atomic E-state index is 0.0428. The molecule has 0 amide bonds. The summed E-state index contributed by atoms with van der Waals surface area (Å²) < 4.78 is 12.0. The molecule has 1 aromatic rings. The summed E-state index contributed by atoms with van der Waals surface area (Å²) in [6.07, 6.45) is -2.10. The lowest BCUT2D eigenvalue weighted by Gasteiger charge is -2.32. The van der Waals surface area contributed by atoms with Crippen LogP contribution in [-0.2, 0) is 9.31 Å². The van der Waals surface area contributed by atoms with E-state index in [1.807, 2.05) is 39.8 Å². The molecule has 1 heterocycles. The molecule has 2 rings (SSSR count). The van der Waals surface area contributed by atoms with Gasteiger partial charge in [0.15, 0.2) is 0 Å². The minimum Gasteiger partial charge on any atom is -0.399 e. The lowest BCUT2D eigenvalue weighted by Crippen LogP contribution is -2.41. The third-order valence-corrected chi connectivity index (χ3v) is 4.66. The van der Waals surface area contributed by atoms with Crippen molar-refractivity contribution in [1.82, 2.24) is 0 Å². The second-order valence-electron chi connectivity index (χ2n) is 6.38. The van der Waals surface area contributed by atoms with Crippen molar-refractivity contribution < 1.29 is 19.5 Å². The van der Waals surface area contributed by atoms with Gasteiger partial charge in [0.05, 0.1) is 23.2 Å². The summed E-state index contributed by atoms with van der Waals surface area (Å²) >= 11 is 5.63. The van der Waals surface area contributed by atoms with Gasteiger partial charge in [-0.25, -0.2) is 0 Å². The smallest absolute Gasteiger partial charge is 0.399 e. The fourth-order valence-electron chi connectivity index (χ4n) is 2.26. The second-order valence-corrected chi connectivity index (χ2v) is 6.69. The first kappa shape index (κ1) is 16.8. The minimum atomic E-state index is -1.07. The van der Waals surface area contributed by atoms with Crippen LogP contribution >= 0.6 is 11.6 Å². The normalized spacial score (nSPS) is 23.1. The van der Waals surface area contributed by atoms with Gasteiger partial charge in [0.2, 0.25) is 0 Å². The molecule has 1 aromatic carbocycles. The van der Waals surface area contributed by atoms with Gasteiger partial charge in [0, 0.05) is 0 Å². The van der Waals surface area contributed by atoms with Gasteiger partial charge < -0.3 is 19.5 Å². The zero-order valence-corrected chi connectivity index (χ0v) is 13.6. The topological polar surface area (TPSA) is 58.9 Å². The van der Waals surface area contributed by atoms with Gasteiger partial charge in [-0.1, -0.05) is 24.3 Å². The Balaban J connectivity index is 2.34. The SMILES string of the molecule is CC1(C)OB(c2ccccc2C(O)C(O)CCl)OC1(C)C. The van der Waals surface area contributed by atoms with E-state index in [0.29, 0.717) is 11.0 Å². The first-order valence-corrected chi connectivity index (χ1v) is 7.59. The Bertz CT molecular complexity index is 490. The van der Waals surface area contributed by atoms with Crippen molar-refractivity contribution in [3.05, 3.63) is 29.8 Å². The number of aliphatic hydroxyl groups excluding tert-OH is 2. The molecule has 0 radical (unpaired) electrons. The first-order valence-electron chi connectivity index (χ1n) is 7.06. The van der Waals surface area contributed by atoms with E-state index in [-0.39, 0.29) is 5.88 Å². The van der Waals surface area contributed by atoms with Gasteiger partial charge in [-0.15, -0.1) is 11.6 Å². The van der Waals surface area contributed by atoms with E-state index in [4.69, 9.17) is 20.9 Å². The summed E-state index contributed by atoms with van der Waals surface area (Å²) in [5, 5.41) is 20.0. The Morgan fingerprint density at radius 2 is 1.62 bits per heavy atom. The molecule has 0 spiro atoms. The maximum atomic E-state index is 10.2. The number of alkyl halides is 1. The number of benzene rings is 1. The van der Waals surface area contributed by atoms with Crippen LogP contribution in [0.25, 0.3) is 0 Å². The van der Waals surface area contributed by atoms with Crippen molar-refractivity contribution in [2.24, 2.45) is 0 Å². The quantitative estimate of drug-likeness (QED) is 0.655. The molecular weight excluding hydrogens is 290 g/mol. The van der Waals surface area contributed by atoms with Crippen molar-refractivity contribution in [2.45, 2.75) is 51.1 Å². The fraction of sp³-hybridized carbons (Fsp3) is 0.600. The molecule has 2 atom stereocenters. The predicted octanol–water partition coefficient (Wildman–Crippen LogP) is 1.62. The van der Waals surface area contributed by atoms with Crippen LogP contribution in [0.2, 0.25) is 0 Å². The Morgan fingerprint density at radius 3 is 2.14 bits per heavy atom. The number of hydrogen-bond donors (Lipinski definition) is 2. The molecular formula is C15H22BClO4. The largest absolute Gasteiger partial charge is 0.495 e. The van der Waals surface area contributed by atoms with Gasteiger partial charge in [-0.3, -0.25) is 0 Å². The molecule has 1 aliphatic rings. The monoisotopic (exact) mass is 312 g/mol. The zero-order chi connectivity index (χ0) is 15.8. The van der Waals surface area contributed by atoms with Crippen LogP contribution in [0.4, 0.5) is 0 Å². The highest BCUT2D eigenvalue weighted by atomic mass is 35.5. The van der Waals surface area contributed by atoms with Crippen LogP contribution in [0, 0.1) is 0 Å². The summed E-state index contributed by atoms with van der Waals surface area (Å²) in [4.78, 5) is 0. The summed E-state index contributed by atoms with van der Waals surface area (Å²) in [6, 6.07) is 7.24. The van der Waals surface area contributed by atoms with E-state index in [0.717, 1.165) is 0 Å². The fourth-order valence-corrected chi connectivity index (χ4v) is 2.43. The molecule has 1 fully saturated rings. The molecule has 0 bridgehead atoms. The highest BCUT2D eigenvalue weighted by Crippen LogP contribution is 2.37. The highest BCUT2D eigenvalue weighted by molar-refractivity contribution is 6.62. The van der Waals surface area contributed by atoms with Crippen molar-refractivity contribution in [3.63, 3.8) is 0 Å². The molecule has 6 heteroatoms. The molecule has 116 valence electrons. The van der Waals surface area contributed by atoms with Gasteiger partial charge >= 0.3 is 7.12 Å². The average Bonchev–Trinajstić information content (AvgIpc) is 2.65. The number of rotatable bonds is 4. The lowest BCUT2D eigenvalue weighted by molar-refractivity contribution is 0.00578. The molecule has 0 saturated carbocycles. The van der Waals surface area contributed by atoms with Crippen molar-refractivity contribution in [1.29, 1.82) is 0 Å². The molecule has 1 aliphatic heterocycles. The Morgan fingerprint density at radius 1 is 1.10 bits per heavy atom. The number of aliphatic hydroxyl groups is 2. The van der Waals surface area contributed by atoms with E-state index in [1.54, 1.807) is 12.1 Å². The molecule has 2 N–H and O–H groups in total. The Hall–Kier alpha value is -0.585. The van der Waals surface area contributed by atoms with Crippen LogP contribution in [0.5, 0.6) is 0 Å². The maximum Gasteiger partial charge on any atom is 0.495 e. The molecule has 0 aromatic heterocycles. The molecule has 2 unspecified atom stereocenters. The van der Waals surface area contributed by atoms with Crippen LogP contribution < -0.4 is 5.46 Å². The maximum absolute atomic E-state index is 10.2. The van der Waals surface area contributed by atoms with Crippen LogP contribution in [0.3, 0.4) is 0 Å². The Kier molecular flexibility index (Phi) is 4.71. The lowest BCUT2D eigenvalue weighted by atomic mass is 9.74. The highest BCUT2D eigenvalue weighted by Gasteiger charge is 2.52. The van der Waals surface area contributed by atoms with Crippen molar-refractivity contribution in [2.75, 3.05) is 5.88 Å².